The molecule has 6 heteroatoms. The van der Waals surface area contributed by atoms with Crippen molar-refractivity contribution < 1.29 is 9.59 Å². The normalized spacial score (nSPS) is 14.0. The van der Waals surface area contributed by atoms with Crippen molar-refractivity contribution in [3.05, 3.63) is 59.6 Å². The highest BCUT2D eigenvalue weighted by atomic mass is 35.5. The first-order chi connectivity index (χ1) is 12.1. The van der Waals surface area contributed by atoms with Crippen LogP contribution < -0.4 is 10.2 Å². The standard InChI is InChI=1S/C19H20ClN3O2/c20-15-9-11-17(12-10-15)23(19(25)22-13-5-2-6-14-22)18(24)21-16-7-3-1-4-8-16/h1,3-4,7-12H,2,5-6,13-14H2,(H,21,24). The van der Waals surface area contributed by atoms with Gasteiger partial charge in [-0.05, 0) is 55.7 Å². The molecule has 1 fully saturated rings. The maximum atomic E-state index is 13.0. The summed E-state index contributed by atoms with van der Waals surface area (Å²) in [6, 6.07) is 15.0. The van der Waals surface area contributed by atoms with Crippen molar-refractivity contribution in [1.29, 1.82) is 0 Å². The highest BCUT2D eigenvalue weighted by molar-refractivity contribution is 6.30. The van der Waals surface area contributed by atoms with Gasteiger partial charge in [-0.3, -0.25) is 0 Å². The number of nitrogens with zero attached hydrogens (tertiary/aromatic N) is 2. The van der Waals surface area contributed by atoms with E-state index in [9.17, 15) is 9.59 Å². The number of urea groups is 2. The van der Waals surface area contributed by atoms with Crippen molar-refractivity contribution >= 4 is 35.0 Å². The van der Waals surface area contributed by atoms with E-state index >= 15 is 0 Å². The van der Waals surface area contributed by atoms with Crippen LogP contribution in [0.1, 0.15) is 19.3 Å². The molecule has 25 heavy (non-hydrogen) atoms. The lowest BCUT2D eigenvalue weighted by atomic mass is 10.1. The summed E-state index contributed by atoms with van der Waals surface area (Å²) in [5.74, 6) is 0. The van der Waals surface area contributed by atoms with Gasteiger partial charge in [0.15, 0.2) is 0 Å². The predicted molar refractivity (Wildman–Crippen MR) is 100 cm³/mol. The number of anilines is 2. The minimum atomic E-state index is -0.482. The van der Waals surface area contributed by atoms with E-state index in [0.29, 0.717) is 29.5 Å². The molecule has 1 aliphatic rings. The second-order valence-electron chi connectivity index (χ2n) is 5.94. The Kier molecular flexibility index (Phi) is 5.56. The average Bonchev–Trinajstić information content (AvgIpc) is 2.65. The number of imide groups is 1. The summed E-state index contributed by atoms with van der Waals surface area (Å²) in [4.78, 5) is 28.7. The number of carbonyl (C=O) groups excluding carboxylic acids is 2. The lowest BCUT2D eigenvalue weighted by Crippen LogP contribution is -2.49. The zero-order valence-electron chi connectivity index (χ0n) is 13.8. The van der Waals surface area contributed by atoms with Gasteiger partial charge in [0.25, 0.3) is 0 Å². The fourth-order valence-corrected chi connectivity index (χ4v) is 2.96. The molecule has 1 N–H and O–H groups in total. The zero-order chi connectivity index (χ0) is 17.6. The summed E-state index contributed by atoms with van der Waals surface area (Å²) in [5, 5.41) is 3.33. The number of hydrogen-bond donors (Lipinski definition) is 1. The van der Waals surface area contributed by atoms with E-state index in [0.717, 1.165) is 19.3 Å². The number of halogens is 1. The summed E-state index contributed by atoms with van der Waals surface area (Å²) in [5.41, 5.74) is 1.13. The SMILES string of the molecule is O=C(Nc1ccccc1)N(C(=O)N1CCCCC1)c1ccc(Cl)cc1. The molecule has 4 amide bonds. The van der Waals surface area contributed by atoms with Gasteiger partial charge in [0.1, 0.15) is 0 Å². The molecule has 1 heterocycles. The van der Waals surface area contributed by atoms with Crippen LogP contribution in [-0.2, 0) is 0 Å². The largest absolute Gasteiger partial charge is 0.334 e. The minimum absolute atomic E-state index is 0.310. The van der Waals surface area contributed by atoms with Crippen molar-refractivity contribution in [2.45, 2.75) is 19.3 Å². The lowest BCUT2D eigenvalue weighted by molar-refractivity contribution is 0.193. The highest BCUT2D eigenvalue weighted by Gasteiger charge is 2.29. The Balaban J connectivity index is 1.86. The Bertz CT molecular complexity index is 728. The maximum Gasteiger partial charge on any atom is 0.334 e. The molecule has 3 rings (SSSR count). The van der Waals surface area contributed by atoms with Gasteiger partial charge in [-0.2, -0.15) is 0 Å². The van der Waals surface area contributed by atoms with Gasteiger partial charge in [-0.25, -0.2) is 14.5 Å². The maximum absolute atomic E-state index is 13.0. The first kappa shape index (κ1) is 17.3. The van der Waals surface area contributed by atoms with Crippen molar-refractivity contribution in [3.8, 4) is 0 Å². The van der Waals surface area contributed by atoms with Gasteiger partial charge >= 0.3 is 12.1 Å². The third-order valence-electron chi connectivity index (χ3n) is 4.13. The number of benzene rings is 2. The van der Waals surface area contributed by atoms with Crippen LogP contribution in [0.2, 0.25) is 5.02 Å². The molecular weight excluding hydrogens is 338 g/mol. The molecule has 0 radical (unpaired) electrons. The second-order valence-corrected chi connectivity index (χ2v) is 6.37. The molecule has 0 aromatic heterocycles. The van der Waals surface area contributed by atoms with Crippen molar-refractivity contribution in [2.75, 3.05) is 23.3 Å². The van der Waals surface area contributed by atoms with E-state index in [1.54, 1.807) is 41.3 Å². The van der Waals surface area contributed by atoms with Gasteiger partial charge < -0.3 is 10.2 Å². The number of amides is 4. The molecule has 0 aliphatic carbocycles. The lowest BCUT2D eigenvalue weighted by Gasteiger charge is -2.32. The van der Waals surface area contributed by atoms with Crippen LogP contribution in [0.4, 0.5) is 21.0 Å². The van der Waals surface area contributed by atoms with Crippen LogP contribution in [0.5, 0.6) is 0 Å². The number of carbonyl (C=O) groups is 2. The Morgan fingerprint density at radius 2 is 1.56 bits per heavy atom. The van der Waals surface area contributed by atoms with Gasteiger partial charge in [0, 0.05) is 23.8 Å². The third kappa shape index (κ3) is 4.31. The number of nitrogens with one attached hydrogen (secondary N) is 1. The Labute approximate surface area is 152 Å². The zero-order valence-corrected chi connectivity index (χ0v) is 14.6. The van der Waals surface area contributed by atoms with Crippen LogP contribution >= 0.6 is 11.6 Å². The van der Waals surface area contributed by atoms with Crippen LogP contribution in [0.15, 0.2) is 54.6 Å². The molecule has 5 nitrogen and oxygen atoms in total. The van der Waals surface area contributed by atoms with Crippen molar-refractivity contribution in [1.82, 2.24) is 4.90 Å². The number of likely N-dealkylation sites (tertiary alicyclic amines) is 1. The molecule has 0 saturated carbocycles. The quantitative estimate of drug-likeness (QED) is 0.823. The fourth-order valence-electron chi connectivity index (χ4n) is 2.83. The topological polar surface area (TPSA) is 52.7 Å². The van der Waals surface area contributed by atoms with Crippen LogP contribution in [0, 0.1) is 0 Å². The molecule has 0 bridgehead atoms. The molecule has 2 aromatic carbocycles. The summed E-state index contributed by atoms with van der Waals surface area (Å²) in [6.45, 7) is 1.34. The fraction of sp³-hybridized carbons (Fsp3) is 0.263. The molecule has 1 aliphatic heterocycles. The van der Waals surface area contributed by atoms with E-state index in [-0.39, 0.29) is 6.03 Å². The Hall–Kier alpha value is -2.53. The molecule has 0 unspecified atom stereocenters. The minimum Gasteiger partial charge on any atom is -0.324 e. The highest BCUT2D eigenvalue weighted by Crippen LogP contribution is 2.22. The molecular formula is C19H20ClN3O2. The first-order valence-corrected chi connectivity index (χ1v) is 8.73. The molecule has 1 saturated heterocycles. The summed E-state index contributed by atoms with van der Waals surface area (Å²) in [7, 11) is 0. The summed E-state index contributed by atoms with van der Waals surface area (Å²) in [6.07, 6.45) is 3.03. The predicted octanol–water partition coefficient (Wildman–Crippen LogP) is 4.98. The van der Waals surface area contributed by atoms with Gasteiger partial charge in [-0.15, -0.1) is 0 Å². The smallest absolute Gasteiger partial charge is 0.324 e. The third-order valence-corrected chi connectivity index (χ3v) is 4.38. The van der Waals surface area contributed by atoms with Crippen LogP contribution in [0.25, 0.3) is 0 Å². The Morgan fingerprint density at radius 3 is 2.20 bits per heavy atom. The van der Waals surface area contributed by atoms with Gasteiger partial charge in [-0.1, -0.05) is 29.8 Å². The van der Waals surface area contributed by atoms with Crippen LogP contribution in [0.3, 0.4) is 0 Å². The Morgan fingerprint density at radius 1 is 0.920 bits per heavy atom. The average molecular weight is 358 g/mol. The first-order valence-electron chi connectivity index (χ1n) is 8.36. The van der Waals surface area contributed by atoms with Crippen molar-refractivity contribution in [3.63, 3.8) is 0 Å². The van der Waals surface area contributed by atoms with E-state index in [1.807, 2.05) is 18.2 Å². The van der Waals surface area contributed by atoms with Gasteiger partial charge in [0.2, 0.25) is 0 Å². The van der Waals surface area contributed by atoms with E-state index in [4.69, 9.17) is 11.6 Å². The van der Waals surface area contributed by atoms with E-state index in [1.165, 1.54) is 4.90 Å². The van der Waals surface area contributed by atoms with Crippen LogP contribution in [-0.4, -0.2) is 30.1 Å². The number of para-hydroxylation sites is 1. The number of rotatable bonds is 2. The molecule has 0 spiro atoms. The molecule has 130 valence electrons. The van der Waals surface area contributed by atoms with E-state index in [2.05, 4.69) is 5.32 Å². The van der Waals surface area contributed by atoms with E-state index < -0.39 is 6.03 Å². The molecule has 2 aromatic rings. The number of piperidine rings is 1. The van der Waals surface area contributed by atoms with Crippen molar-refractivity contribution in [2.24, 2.45) is 0 Å². The summed E-state index contributed by atoms with van der Waals surface area (Å²) >= 11 is 5.94. The number of hydrogen-bond acceptors (Lipinski definition) is 2. The monoisotopic (exact) mass is 357 g/mol. The summed E-state index contributed by atoms with van der Waals surface area (Å²) < 4.78 is 0. The molecule has 0 atom stereocenters. The second kappa shape index (κ2) is 8.03. The van der Waals surface area contributed by atoms with Gasteiger partial charge in [0.05, 0.1) is 5.69 Å².